The fourth-order valence-corrected chi connectivity index (χ4v) is 4.22. The average molecular weight is 392 g/mol. The van der Waals surface area contributed by atoms with Gasteiger partial charge in [0.15, 0.2) is 0 Å². The standard InChI is InChI=1S/C24H28N2O3/c1-28-16-20-11-17(7-10-24(20)29-2)13-26-14-19(23(27)15-26)12-21-9-8-18-5-3-4-6-22(18)25-21/h3-11,19,23,27H,12-16H2,1-2H3/t19-,23-/m1/s1. The Morgan fingerprint density at radius 1 is 1.07 bits per heavy atom. The Bertz CT molecular complexity index is 975. The van der Waals surface area contributed by atoms with Crippen molar-refractivity contribution in [3.8, 4) is 5.75 Å². The second-order valence-electron chi connectivity index (χ2n) is 7.80. The summed E-state index contributed by atoms with van der Waals surface area (Å²) in [5, 5.41) is 11.8. The van der Waals surface area contributed by atoms with Crippen molar-refractivity contribution in [2.45, 2.75) is 25.7 Å². The molecule has 2 atom stereocenters. The predicted molar refractivity (Wildman–Crippen MR) is 114 cm³/mol. The van der Waals surface area contributed by atoms with E-state index in [1.54, 1.807) is 14.2 Å². The number of aliphatic hydroxyl groups excluding tert-OH is 1. The van der Waals surface area contributed by atoms with E-state index >= 15 is 0 Å². The summed E-state index contributed by atoms with van der Waals surface area (Å²) in [4.78, 5) is 7.09. The molecule has 1 aliphatic heterocycles. The van der Waals surface area contributed by atoms with Crippen LogP contribution in [-0.2, 0) is 24.3 Å². The van der Waals surface area contributed by atoms with Crippen molar-refractivity contribution >= 4 is 10.9 Å². The summed E-state index contributed by atoms with van der Waals surface area (Å²) in [5.74, 6) is 1.04. The van der Waals surface area contributed by atoms with E-state index < -0.39 is 0 Å². The van der Waals surface area contributed by atoms with Gasteiger partial charge in [0.25, 0.3) is 0 Å². The lowest BCUT2D eigenvalue weighted by atomic mass is 9.99. The first kappa shape index (κ1) is 19.8. The third kappa shape index (κ3) is 4.58. The van der Waals surface area contributed by atoms with Gasteiger partial charge < -0.3 is 14.6 Å². The van der Waals surface area contributed by atoms with E-state index in [4.69, 9.17) is 14.5 Å². The number of ether oxygens (including phenoxy) is 2. The number of methoxy groups -OCH3 is 2. The molecular weight excluding hydrogens is 364 g/mol. The maximum atomic E-state index is 10.6. The second-order valence-corrected chi connectivity index (χ2v) is 7.80. The number of fused-ring (bicyclic) bond motifs is 1. The fraction of sp³-hybridized carbons (Fsp3) is 0.375. The van der Waals surface area contributed by atoms with E-state index in [2.05, 4.69) is 35.2 Å². The van der Waals surface area contributed by atoms with Crippen LogP contribution in [0.5, 0.6) is 5.75 Å². The van der Waals surface area contributed by atoms with Gasteiger partial charge in [-0.15, -0.1) is 0 Å². The third-order valence-electron chi connectivity index (χ3n) is 5.66. The van der Waals surface area contributed by atoms with Gasteiger partial charge in [0.05, 0.1) is 25.3 Å². The van der Waals surface area contributed by atoms with Crippen molar-refractivity contribution in [3.63, 3.8) is 0 Å². The van der Waals surface area contributed by atoms with Crippen LogP contribution in [0, 0.1) is 5.92 Å². The first-order valence-corrected chi connectivity index (χ1v) is 10.1. The van der Waals surface area contributed by atoms with Crippen LogP contribution >= 0.6 is 0 Å². The maximum absolute atomic E-state index is 10.6. The number of hydrogen-bond donors (Lipinski definition) is 1. The zero-order valence-electron chi connectivity index (χ0n) is 17.0. The van der Waals surface area contributed by atoms with Crippen LogP contribution in [0.3, 0.4) is 0 Å². The molecule has 0 radical (unpaired) electrons. The maximum Gasteiger partial charge on any atom is 0.124 e. The van der Waals surface area contributed by atoms with E-state index in [1.807, 2.05) is 24.3 Å². The van der Waals surface area contributed by atoms with E-state index in [1.165, 1.54) is 5.56 Å². The smallest absolute Gasteiger partial charge is 0.124 e. The Hall–Kier alpha value is -2.47. The zero-order valence-corrected chi connectivity index (χ0v) is 17.0. The number of para-hydroxylation sites is 1. The lowest BCUT2D eigenvalue weighted by Gasteiger charge is -2.17. The number of nitrogens with zero attached hydrogens (tertiary/aromatic N) is 2. The fourth-order valence-electron chi connectivity index (χ4n) is 4.22. The Morgan fingerprint density at radius 2 is 1.93 bits per heavy atom. The SMILES string of the molecule is COCc1cc(CN2C[C@@H](Cc3ccc4ccccc4n3)[C@H](O)C2)ccc1OC. The van der Waals surface area contributed by atoms with Crippen LogP contribution in [0.25, 0.3) is 10.9 Å². The van der Waals surface area contributed by atoms with Gasteiger partial charge in [-0.2, -0.15) is 0 Å². The van der Waals surface area contributed by atoms with Gasteiger partial charge in [-0.1, -0.05) is 30.3 Å². The highest BCUT2D eigenvalue weighted by Gasteiger charge is 2.31. The number of hydrogen-bond acceptors (Lipinski definition) is 5. The lowest BCUT2D eigenvalue weighted by Crippen LogP contribution is -2.21. The van der Waals surface area contributed by atoms with Crippen molar-refractivity contribution in [1.82, 2.24) is 9.88 Å². The molecule has 2 aromatic carbocycles. The highest BCUT2D eigenvalue weighted by molar-refractivity contribution is 5.78. The Labute approximate surface area is 171 Å². The van der Waals surface area contributed by atoms with Crippen molar-refractivity contribution < 1.29 is 14.6 Å². The minimum Gasteiger partial charge on any atom is -0.496 e. The van der Waals surface area contributed by atoms with Gasteiger partial charge in [0.2, 0.25) is 0 Å². The van der Waals surface area contributed by atoms with Gasteiger partial charge in [0.1, 0.15) is 5.75 Å². The number of β-amino-alcohol motifs (C(OH)–C–C–N with tert-alkyl or cyclic N) is 1. The number of likely N-dealkylation sites (tertiary alicyclic amines) is 1. The summed E-state index contributed by atoms with van der Waals surface area (Å²) in [6.45, 7) is 2.88. The predicted octanol–water partition coefficient (Wildman–Crippen LogP) is 3.43. The van der Waals surface area contributed by atoms with E-state index in [-0.39, 0.29) is 12.0 Å². The molecule has 0 aliphatic carbocycles. The molecule has 0 unspecified atom stereocenters. The van der Waals surface area contributed by atoms with Gasteiger partial charge >= 0.3 is 0 Å². The molecule has 5 nitrogen and oxygen atoms in total. The molecule has 1 N–H and O–H groups in total. The third-order valence-corrected chi connectivity index (χ3v) is 5.66. The summed E-state index contributed by atoms with van der Waals surface area (Å²) in [5.41, 5.74) is 4.30. The number of aliphatic hydroxyl groups is 1. The van der Waals surface area contributed by atoms with Gasteiger partial charge in [-0.3, -0.25) is 9.88 Å². The molecule has 2 heterocycles. The van der Waals surface area contributed by atoms with Crippen molar-refractivity contribution in [2.24, 2.45) is 5.92 Å². The summed E-state index contributed by atoms with van der Waals surface area (Å²) >= 11 is 0. The first-order valence-electron chi connectivity index (χ1n) is 10.1. The molecule has 1 aliphatic rings. The molecular formula is C24H28N2O3. The molecule has 29 heavy (non-hydrogen) atoms. The van der Waals surface area contributed by atoms with Gasteiger partial charge in [-0.05, 0) is 36.2 Å². The average Bonchev–Trinajstić information content (AvgIpc) is 3.07. The van der Waals surface area contributed by atoms with Gasteiger partial charge in [0, 0.05) is 49.3 Å². The van der Waals surface area contributed by atoms with E-state index in [0.717, 1.165) is 47.4 Å². The quantitative estimate of drug-likeness (QED) is 0.668. The zero-order chi connectivity index (χ0) is 20.2. The van der Waals surface area contributed by atoms with Crippen LogP contribution in [-0.4, -0.2) is 48.4 Å². The Kier molecular flexibility index (Phi) is 6.09. The summed E-state index contributed by atoms with van der Waals surface area (Å²) < 4.78 is 10.7. The molecule has 4 rings (SSSR count). The molecule has 3 aromatic rings. The van der Waals surface area contributed by atoms with Crippen molar-refractivity contribution in [1.29, 1.82) is 0 Å². The lowest BCUT2D eigenvalue weighted by molar-refractivity contribution is 0.140. The van der Waals surface area contributed by atoms with Crippen molar-refractivity contribution in [2.75, 3.05) is 27.3 Å². The number of aromatic nitrogens is 1. The normalized spacial score (nSPS) is 19.7. The molecule has 152 valence electrons. The van der Waals surface area contributed by atoms with E-state index in [0.29, 0.717) is 13.2 Å². The minimum atomic E-state index is -0.333. The number of pyridine rings is 1. The Balaban J connectivity index is 1.42. The first-order chi connectivity index (χ1) is 14.2. The minimum absolute atomic E-state index is 0.195. The number of benzene rings is 2. The summed E-state index contributed by atoms with van der Waals surface area (Å²) in [6, 6.07) is 18.6. The van der Waals surface area contributed by atoms with Crippen LogP contribution in [0.2, 0.25) is 0 Å². The molecule has 1 fully saturated rings. The van der Waals surface area contributed by atoms with Gasteiger partial charge in [-0.25, -0.2) is 0 Å². The largest absolute Gasteiger partial charge is 0.496 e. The van der Waals surface area contributed by atoms with Crippen molar-refractivity contribution in [3.05, 3.63) is 71.4 Å². The molecule has 0 spiro atoms. The van der Waals surface area contributed by atoms with E-state index in [9.17, 15) is 5.11 Å². The molecule has 5 heteroatoms. The molecule has 1 aromatic heterocycles. The summed E-state index contributed by atoms with van der Waals surface area (Å²) in [7, 11) is 3.37. The topological polar surface area (TPSA) is 54.8 Å². The molecule has 0 amide bonds. The Morgan fingerprint density at radius 3 is 2.76 bits per heavy atom. The highest BCUT2D eigenvalue weighted by Crippen LogP contribution is 2.26. The summed E-state index contributed by atoms with van der Waals surface area (Å²) in [6.07, 6.45) is 0.458. The highest BCUT2D eigenvalue weighted by atomic mass is 16.5. The van der Waals surface area contributed by atoms with Crippen LogP contribution in [0.4, 0.5) is 0 Å². The van der Waals surface area contributed by atoms with Crippen LogP contribution < -0.4 is 4.74 Å². The molecule has 0 bridgehead atoms. The monoisotopic (exact) mass is 392 g/mol. The van der Waals surface area contributed by atoms with Crippen LogP contribution in [0.1, 0.15) is 16.8 Å². The molecule has 1 saturated heterocycles. The second kappa shape index (κ2) is 8.91. The van der Waals surface area contributed by atoms with Crippen LogP contribution in [0.15, 0.2) is 54.6 Å². The number of rotatable bonds is 7. The molecule has 0 saturated carbocycles.